The molecule has 1 amide bonds. The first-order valence-electron chi connectivity index (χ1n) is 7.69. The Hall–Kier alpha value is -1.62. The molecule has 1 aliphatic carbocycles. The average Bonchev–Trinajstić information content (AvgIpc) is 3.19. The number of halogens is 1. The summed E-state index contributed by atoms with van der Waals surface area (Å²) < 4.78 is 14.2. The highest BCUT2D eigenvalue weighted by Gasteiger charge is 2.32. The van der Waals surface area contributed by atoms with Crippen molar-refractivity contribution in [3.05, 3.63) is 29.6 Å². The lowest BCUT2D eigenvalue weighted by molar-refractivity contribution is -0.121. The van der Waals surface area contributed by atoms with Gasteiger partial charge >= 0.3 is 0 Å². The summed E-state index contributed by atoms with van der Waals surface area (Å²) in [5.74, 6) is -0.180. The van der Waals surface area contributed by atoms with E-state index in [4.69, 9.17) is 0 Å². The van der Waals surface area contributed by atoms with Crippen LogP contribution < -0.4 is 15.5 Å². The summed E-state index contributed by atoms with van der Waals surface area (Å²) in [6.07, 6.45) is 4.14. The van der Waals surface area contributed by atoms with Crippen LogP contribution in [0.2, 0.25) is 0 Å². The van der Waals surface area contributed by atoms with E-state index in [1.165, 1.54) is 18.9 Å². The van der Waals surface area contributed by atoms with E-state index in [0.717, 1.165) is 25.1 Å². The van der Waals surface area contributed by atoms with Crippen molar-refractivity contribution in [2.24, 2.45) is 0 Å². The quantitative estimate of drug-likeness (QED) is 0.869. The van der Waals surface area contributed by atoms with Gasteiger partial charge in [-0.3, -0.25) is 4.79 Å². The fourth-order valence-corrected chi connectivity index (χ4v) is 3.02. The van der Waals surface area contributed by atoms with Gasteiger partial charge in [0.25, 0.3) is 0 Å². The van der Waals surface area contributed by atoms with Gasteiger partial charge in [-0.1, -0.05) is 6.07 Å². The van der Waals surface area contributed by atoms with Gasteiger partial charge in [0.2, 0.25) is 5.91 Å². The number of hydrogen-bond acceptors (Lipinski definition) is 3. The van der Waals surface area contributed by atoms with E-state index in [1.807, 2.05) is 11.0 Å². The molecule has 0 radical (unpaired) electrons. The van der Waals surface area contributed by atoms with Gasteiger partial charge < -0.3 is 15.5 Å². The molecule has 0 bridgehead atoms. The molecular formula is C16H22FN3O. The number of benzene rings is 1. The highest BCUT2D eigenvalue weighted by molar-refractivity contribution is 5.86. The van der Waals surface area contributed by atoms with Crippen LogP contribution in [0.4, 0.5) is 10.1 Å². The normalized spacial score (nSPS) is 21.6. The Labute approximate surface area is 124 Å². The van der Waals surface area contributed by atoms with Gasteiger partial charge in [0.15, 0.2) is 0 Å². The molecule has 1 aromatic rings. The Morgan fingerprint density at radius 1 is 1.38 bits per heavy atom. The van der Waals surface area contributed by atoms with Gasteiger partial charge in [-0.05, 0) is 37.8 Å². The summed E-state index contributed by atoms with van der Waals surface area (Å²) in [6.45, 7) is 1.33. The van der Waals surface area contributed by atoms with Crippen molar-refractivity contribution in [1.82, 2.24) is 10.6 Å². The predicted octanol–water partition coefficient (Wildman–Crippen LogP) is 1.79. The number of rotatable bonds is 5. The third-order valence-electron chi connectivity index (χ3n) is 4.35. The molecule has 1 atom stereocenters. The second-order valence-electron chi connectivity index (χ2n) is 5.86. The zero-order valence-electron chi connectivity index (χ0n) is 12.4. The van der Waals surface area contributed by atoms with Gasteiger partial charge in [0.1, 0.15) is 11.9 Å². The van der Waals surface area contributed by atoms with Crippen LogP contribution in [-0.2, 0) is 11.3 Å². The summed E-state index contributed by atoms with van der Waals surface area (Å²) in [4.78, 5) is 14.1. The Bertz CT molecular complexity index is 530. The number of hydrogen-bond donors (Lipinski definition) is 2. The molecule has 114 valence electrons. The van der Waals surface area contributed by atoms with Crippen molar-refractivity contribution in [3.63, 3.8) is 0 Å². The van der Waals surface area contributed by atoms with Crippen LogP contribution >= 0.6 is 0 Å². The van der Waals surface area contributed by atoms with E-state index in [1.54, 1.807) is 13.1 Å². The van der Waals surface area contributed by atoms with Crippen LogP contribution in [0.3, 0.4) is 0 Å². The number of nitrogens with one attached hydrogen (secondary N) is 2. The molecule has 1 aliphatic heterocycles. The SMILES string of the molecule is CNC(=O)C1CCCN1c1cccc(F)c1CNC1CC1. The Balaban J connectivity index is 1.85. The van der Waals surface area contributed by atoms with Crippen molar-refractivity contribution < 1.29 is 9.18 Å². The number of amides is 1. The smallest absolute Gasteiger partial charge is 0.242 e. The second kappa shape index (κ2) is 6.02. The minimum absolute atomic E-state index is 0.0119. The summed E-state index contributed by atoms with van der Waals surface area (Å²) in [5, 5.41) is 6.08. The molecule has 1 aromatic carbocycles. The molecule has 1 saturated carbocycles. The maximum Gasteiger partial charge on any atom is 0.242 e. The third kappa shape index (κ3) is 3.02. The zero-order valence-corrected chi connectivity index (χ0v) is 12.4. The molecular weight excluding hydrogens is 269 g/mol. The van der Waals surface area contributed by atoms with E-state index in [2.05, 4.69) is 10.6 Å². The van der Waals surface area contributed by atoms with Crippen LogP contribution in [0.15, 0.2) is 18.2 Å². The van der Waals surface area contributed by atoms with Gasteiger partial charge in [0, 0.05) is 37.4 Å². The zero-order chi connectivity index (χ0) is 14.8. The van der Waals surface area contributed by atoms with Crippen LogP contribution in [0.1, 0.15) is 31.2 Å². The molecule has 4 nitrogen and oxygen atoms in total. The average molecular weight is 291 g/mol. The number of anilines is 1. The van der Waals surface area contributed by atoms with Crippen molar-refractivity contribution in [3.8, 4) is 0 Å². The molecule has 3 rings (SSSR count). The largest absolute Gasteiger partial charge is 0.359 e. The molecule has 2 fully saturated rings. The minimum atomic E-state index is -0.191. The maximum absolute atomic E-state index is 14.2. The van der Waals surface area contributed by atoms with Gasteiger partial charge in [-0.15, -0.1) is 0 Å². The number of carbonyl (C=O) groups excluding carboxylic acids is 1. The molecule has 2 N–H and O–H groups in total. The van der Waals surface area contributed by atoms with Gasteiger partial charge in [-0.2, -0.15) is 0 Å². The molecule has 1 saturated heterocycles. The summed E-state index contributed by atoms with van der Waals surface area (Å²) in [6, 6.07) is 5.50. The molecule has 5 heteroatoms. The highest BCUT2D eigenvalue weighted by atomic mass is 19.1. The monoisotopic (exact) mass is 291 g/mol. The minimum Gasteiger partial charge on any atom is -0.359 e. The Morgan fingerprint density at radius 2 is 2.19 bits per heavy atom. The second-order valence-corrected chi connectivity index (χ2v) is 5.86. The summed E-state index contributed by atoms with van der Waals surface area (Å²) >= 11 is 0. The lowest BCUT2D eigenvalue weighted by Crippen LogP contribution is -2.42. The maximum atomic E-state index is 14.2. The lowest BCUT2D eigenvalue weighted by Gasteiger charge is -2.28. The number of carbonyl (C=O) groups is 1. The number of likely N-dealkylation sites (N-methyl/N-ethyl adjacent to an activating group) is 1. The molecule has 1 heterocycles. The van der Waals surface area contributed by atoms with Crippen LogP contribution in [-0.4, -0.2) is 31.6 Å². The molecule has 0 aromatic heterocycles. The topological polar surface area (TPSA) is 44.4 Å². The van der Waals surface area contributed by atoms with Gasteiger partial charge in [0.05, 0.1) is 0 Å². The Kier molecular flexibility index (Phi) is 4.10. The van der Waals surface area contributed by atoms with Gasteiger partial charge in [-0.25, -0.2) is 4.39 Å². The first-order valence-corrected chi connectivity index (χ1v) is 7.69. The van der Waals surface area contributed by atoms with Crippen LogP contribution in [0, 0.1) is 5.82 Å². The fraction of sp³-hybridized carbons (Fsp3) is 0.562. The Morgan fingerprint density at radius 3 is 2.90 bits per heavy atom. The van der Waals surface area contributed by atoms with E-state index in [0.29, 0.717) is 18.2 Å². The van der Waals surface area contributed by atoms with Crippen molar-refractivity contribution in [2.45, 2.75) is 44.3 Å². The van der Waals surface area contributed by atoms with Crippen molar-refractivity contribution in [2.75, 3.05) is 18.5 Å². The first kappa shape index (κ1) is 14.3. The molecule has 2 aliphatic rings. The summed E-state index contributed by atoms with van der Waals surface area (Å²) in [5.41, 5.74) is 1.54. The first-order chi connectivity index (χ1) is 10.2. The third-order valence-corrected chi connectivity index (χ3v) is 4.35. The lowest BCUT2D eigenvalue weighted by atomic mass is 10.1. The molecule has 0 spiro atoms. The van der Waals surface area contributed by atoms with Crippen LogP contribution in [0.25, 0.3) is 0 Å². The van der Waals surface area contributed by atoms with E-state index in [-0.39, 0.29) is 17.8 Å². The molecule has 1 unspecified atom stereocenters. The number of nitrogens with zero attached hydrogens (tertiary/aromatic N) is 1. The predicted molar refractivity (Wildman–Crippen MR) is 80.7 cm³/mol. The molecule has 21 heavy (non-hydrogen) atoms. The fourth-order valence-electron chi connectivity index (χ4n) is 3.02. The van der Waals surface area contributed by atoms with Crippen molar-refractivity contribution in [1.29, 1.82) is 0 Å². The van der Waals surface area contributed by atoms with Crippen LogP contribution in [0.5, 0.6) is 0 Å². The van der Waals surface area contributed by atoms with E-state index < -0.39 is 0 Å². The van der Waals surface area contributed by atoms with E-state index in [9.17, 15) is 9.18 Å². The summed E-state index contributed by atoms with van der Waals surface area (Å²) in [7, 11) is 1.65. The van der Waals surface area contributed by atoms with E-state index >= 15 is 0 Å². The van der Waals surface area contributed by atoms with Crippen molar-refractivity contribution >= 4 is 11.6 Å². The highest BCUT2D eigenvalue weighted by Crippen LogP contribution is 2.31. The standard InChI is InChI=1S/C16H22FN3O/c1-18-16(21)15-6-3-9-20(15)14-5-2-4-13(17)12(14)10-19-11-7-8-11/h2,4-5,11,15,19H,3,6-10H2,1H3,(H,18,21).